The van der Waals surface area contributed by atoms with Gasteiger partial charge in [-0.15, -0.1) is 0 Å². The smallest absolute Gasteiger partial charge is 0.217 e. The van der Waals surface area contributed by atoms with Crippen LogP contribution in [0.5, 0.6) is 0 Å². The van der Waals surface area contributed by atoms with Gasteiger partial charge >= 0.3 is 0 Å². The Labute approximate surface area is 93.8 Å². The molecule has 78 valence electrons. The molecule has 1 aromatic rings. The van der Waals surface area contributed by atoms with Crippen LogP contribution >= 0.6 is 15.9 Å². The number of rotatable bonds is 1. The van der Waals surface area contributed by atoms with Crippen LogP contribution in [0.25, 0.3) is 0 Å². The molecule has 3 heteroatoms. The van der Waals surface area contributed by atoms with Gasteiger partial charge in [0.2, 0.25) is 5.91 Å². The summed E-state index contributed by atoms with van der Waals surface area (Å²) in [7, 11) is 0. The topological polar surface area (TPSA) is 29.1 Å². The zero-order valence-electron chi connectivity index (χ0n) is 8.75. The van der Waals surface area contributed by atoms with Crippen LogP contribution in [0.4, 0.5) is 0 Å². The lowest BCUT2D eigenvalue weighted by Gasteiger charge is -2.02. The number of halogens is 1. The highest BCUT2D eigenvalue weighted by atomic mass is 79.9. The summed E-state index contributed by atoms with van der Waals surface area (Å²) >= 11 is 3.31. The quantitative estimate of drug-likeness (QED) is 0.824. The molecule has 0 spiro atoms. The van der Waals surface area contributed by atoms with E-state index in [0.717, 1.165) is 4.47 Å². The van der Waals surface area contributed by atoms with Crippen molar-refractivity contribution in [1.29, 1.82) is 0 Å². The van der Waals surface area contributed by atoms with Gasteiger partial charge < -0.3 is 5.32 Å². The lowest BCUT2D eigenvalue weighted by Crippen LogP contribution is -2.27. The van der Waals surface area contributed by atoms with Crippen molar-refractivity contribution in [2.45, 2.75) is 26.8 Å². The highest BCUT2D eigenvalue weighted by Gasteiger charge is 1.90. The molecule has 1 N–H and O–H groups in total. The molecule has 0 saturated carbocycles. The van der Waals surface area contributed by atoms with Gasteiger partial charge in [-0.3, -0.25) is 4.79 Å². The Kier molecular flexibility index (Phi) is 7.11. The first-order valence-electron chi connectivity index (χ1n) is 4.50. The Morgan fingerprint density at radius 2 is 1.79 bits per heavy atom. The van der Waals surface area contributed by atoms with E-state index in [-0.39, 0.29) is 11.9 Å². The van der Waals surface area contributed by atoms with Gasteiger partial charge in [0.25, 0.3) is 0 Å². The first-order valence-corrected chi connectivity index (χ1v) is 5.29. The van der Waals surface area contributed by atoms with Crippen LogP contribution in [0.1, 0.15) is 20.8 Å². The number of benzene rings is 1. The molecule has 1 rings (SSSR count). The van der Waals surface area contributed by atoms with Gasteiger partial charge in [0.15, 0.2) is 0 Å². The SMILES string of the molecule is Brc1ccccc1.CC(=O)NC(C)C. The summed E-state index contributed by atoms with van der Waals surface area (Å²) in [5.74, 6) is 0.0370. The third-order valence-corrected chi connectivity index (χ3v) is 1.75. The van der Waals surface area contributed by atoms with Crippen molar-refractivity contribution in [3.8, 4) is 0 Å². The largest absolute Gasteiger partial charge is 0.354 e. The van der Waals surface area contributed by atoms with Crippen LogP contribution in [0.15, 0.2) is 34.8 Å². The van der Waals surface area contributed by atoms with E-state index in [1.807, 2.05) is 44.2 Å². The Morgan fingerprint density at radius 3 is 1.93 bits per heavy atom. The Hall–Kier alpha value is -0.830. The fourth-order valence-corrected chi connectivity index (χ4v) is 1.13. The molecule has 0 aromatic heterocycles. The van der Waals surface area contributed by atoms with E-state index in [9.17, 15) is 4.79 Å². The number of nitrogens with one attached hydrogen (secondary N) is 1. The Bertz CT molecular complexity index is 259. The van der Waals surface area contributed by atoms with E-state index >= 15 is 0 Å². The van der Waals surface area contributed by atoms with E-state index in [1.54, 1.807) is 0 Å². The molecule has 0 saturated heterocycles. The minimum absolute atomic E-state index is 0.0370. The minimum atomic E-state index is 0.0370. The van der Waals surface area contributed by atoms with Crippen molar-refractivity contribution in [2.24, 2.45) is 0 Å². The van der Waals surface area contributed by atoms with E-state index in [4.69, 9.17) is 0 Å². The molecule has 1 aromatic carbocycles. The third kappa shape index (κ3) is 9.26. The van der Waals surface area contributed by atoms with Crippen molar-refractivity contribution < 1.29 is 4.79 Å². The second-order valence-electron chi connectivity index (χ2n) is 3.15. The summed E-state index contributed by atoms with van der Waals surface area (Å²) in [6.45, 7) is 5.38. The van der Waals surface area contributed by atoms with Crippen molar-refractivity contribution in [2.75, 3.05) is 0 Å². The molecule has 0 heterocycles. The Morgan fingerprint density at radius 1 is 1.29 bits per heavy atom. The zero-order valence-corrected chi connectivity index (χ0v) is 10.3. The van der Waals surface area contributed by atoms with Gasteiger partial charge in [-0.05, 0) is 26.0 Å². The number of hydrogen-bond acceptors (Lipinski definition) is 1. The molecule has 0 bridgehead atoms. The molecule has 0 atom stereocenters. The predicted octanol–water partition coefficient (Wildman–Crippen LogP) is 2.98. The fraction of sp³-hybridized carbons (Fsp3) is 0.364. The standard InChI is InChI=1S/C6H5Br.C5H11NO/c7-6-4-2-1-3-5-6;1-4(2)6-5(3)7/h1-5H;4H,1-3H3,(H,6,7). The van der Waals surface area contributed by atoms with Crippen molar-refractivity contribution in [1.82, 2.24) is 5.32 Å². The number of carbonyl (C=O) groups is 1. The summed E-state index contributed by atoms with van der Waals surface area (Å²) in [5, 5.41) is 2.67. The molecule has 0 fully saturated rings. The molecule has 1 amide bonds. The van der Waals surface area contributed by atoms with Gasteiger partial charge in [-0.1, -0.05) is 34.1 Å². The van der Waals surface area contributed by atoms with Gasteiger partial charge in [0.1, 0.15) is 0 Å². The molecular weight excluding hydrogens is 242 g/mol. The average Bonchev–Trinajstić information content (AvgIpc) is 2.03. The number of hydrogen-bond donors (Lipinski definition) is 1. The van der Waals surface area contributed by atoms with E-state index in [1.165, 1.54) is 6.92 Å². The average molecular weight is 258 g/mol. The van der Waals surface area contributed by atoms with Gasteiger partial charge in [0.05, 0.1) is 0 Å². The van der Waals surface area contributed by atoms with Crippen LogP contribution in [-0.4, -0.2) is 11.9 Å². The first-order chi connectivity index (χ1) is 6.52. The second-order valence-corrected chi connectivity index (χ2v) is 4.07. The van der Waals surface area contributed by atoms with E-state index in [2.05, 4.69) is 21.2 Å². The van der Waals surface area contributed by atoms with Crippen LogP contribution in [0, 0.1) is 0 Å². The highest BCUT2D eigenvalue weighted by molar-refractivity contribution is 9.10. The summed E-state index contributed by atoms with van der Waals surface area (Å²) in [5.41, 5.74) is 0. The van der Waals surface area contributed by atoms with Gasteiger partial charge in [0, 0.05) is 17.4 Å². The molecule has 2 nitrogen and oxygen atoms in total. The number of carbonyl (C=O) groups excluding carboxylic acids is 1. The predicted molar refractivity (Wildman–Crippen MR) is 63.1 cm³/mol. The lowest BCUT2D eigenvalue weighted by molar-refractivity contribution is -0.119. The molecule has 14 heavy (non-hydrogen) atoms. The molecule has 0 radical (unpaired) electrons. The zero-order chi connectivity index (χ0) is 11.0. The maximum atomic E-state index is 10.1. The van der Waals surface area contributed by atoms with Crippen LogP contribution in [-0.2, 0) is 4.79 Å². The van der Waals surface area contributed by atoms with Crippen molar-refractivity contribution in [3.05, 3.63) is 34.8 Å². The highest BCUT2D eigenvalue weighted by Crippen LogP contribution is 2.05. The lowest BCUT2D eigenvalue weighted by atomic mass is 10.4. The maximum Gasteiger partial charge on any atom is 0.217 e. The first kappa shape index (κ1) is 13.2. The summed E-state index contributed by atoms with van der Waals surface area (Å²) in [6, 6.07) is 10.2. The molecule has 0 aliphatic heterocycles. The van der Waals surface area contributed by atoms with E-state index in [0.29, 0.717) is 0 Å². The summed E-state index contributed by atoms with van der Waals surface area (Å²) < 4.78 is 1.13. The van der Waals surface area contributed by atoms with Crippen molar-refractivity contribution >= 4 is 21.8 Å². The van der Waals surface area contributed by atoms with Crippen molar-refractivity contribution in [3.63, 3.8) is 0 Å². The van der Waals surface area contributed by atoms with Gasteiger partial charge in [-0.2, -0.15) is 0 Å². The monoisotopic (exact) mass is 257 g/mol. The molecule has 0 unspecified atom stereocenters. The third-order valence-electron chi connectivity index (χ3n) is 1.23. The maximum absolute atomic E-state index is 10.1. The van der Waals surface area contributed by atoms with Crippen LogP contribution in [0.3, 0.4) is 0 Å². The Balaban J connectivity index is 0.000000241. The molecule has 0 aliphatic rings. The van der Waals surface area contributed by atoms with Gasteiger partial charge in [-0.25, -0.2) is 0 Å². The molecule has 0 aliphatic carbocycles. The normalized spacial score (nSPS) is 8.93. The summed E-state index contributed by atoms with van der Waals surface area (Å²) in [4.78, 5) is 10.1. The second kappa shape index (κ2) is 7.56. The van der Waals surface area contributed by atoms with Crippen LogP contribution < -0.4 is 5.32 Å². The van der Waals surface area contributed by atoms with E-state index < -0.39 is 0 Å². The van der Waals surface area contributed by atoms with Crippen LogP contribution in [0.2, 0.25) is 0 Å². The minimum Gasteiger partial charge on any atom is -0.354 e. The number of amides is 1. The molecular formula is C11H16BrNO. The fourth-order valence-electron chi connectivity index (χ4n) is 0.821. The summed E-state index contributed by atoms with van der Waals surface area (Å²) in [6.07, 6.45) is 0.